The van der Waals surface area contributed by atoms with Crippen LogP contribution in [0.5, 0.6) is 0 Å². The van der Waals surface area contributed by atoms with E-state index < -0.39 is 0 Å². The predicted molar refractivity (Wildman–Crippen MR) is 363 cm³/mol. The first kappa shape index (κ1) is 82.8. The van der Waals surface area contributed by atoms with E-state index in [1.807, 2.05) is 219 Å². The van der Waals surface area contributed by atoms with Crippen molar-refractivity contribution in [3.8, 4) is 0 Å². The second kappa shape index (κ2) is 44.3. The van der Waals surface area contributed by atoms with Crippen LogP contribution in [0.15, 0.2) is 42.6 Å². The number of rotatable bonds is 0. The largest absolute Gasteiger partial charge is 0.446 e. The fourth-order valence-electron chi connectivity index (χ4n) is 6.07. The maximum Gasteiger partial charge on any atom is 0.223 e. The number of nitrogens with zero attached hydrogens (tertiary/aromatic N) is 17. The maximum atomic E-state index is 5.10. The summed E-state index contributed by atoms with van der Waals surface area (Å²) in [7, 11) is 5.64. The average Bonchev–Trinajstić information content (AvgIpc) is 4.61. The van der Waals surface area contributed by atoms with Gasteiger partial charge in [-0.3, -0.25) is 9.36 Å². The van der Waals surface area contributed by atoms with Gasteiger partial charge in [0.25, 0.3) is 0 Å². The summed E-state index contributed by atoms with van der Waals surface area (Å²) < 4.78 is 26.9. The summed E-state index contributed by atoms with van der Waals surface area (Å²) in [6.07, 6.45) is 5.73. The third kappa shape index (κ3) is 36.2. The van der Waals surface area contributed by atoms with Crippen LogP contribution in [-0.4, -0.2) is 84.3 Å². The van der Waals surface area contributed by atoms with Crippen LogP contribution in [0.3, 0.4) is 0 Å². The van der Waals surface area contributed by atoms with Crippen LogP contribution in [0.1, 0.15) is 171 Å². The second-order valence-electron chi connectivity index (χ2n) is 19.3. The van der Waals surface area contributed by atoms with Crippen molar-refractivity contribution in [1.82, 2.24) is 84.3 Å². The van der Waals surface area contributed by atoms with E-state index >= 15 is 0 Å². The second-order valence-corrected chi connectivity index (χ2v) is 24.5. The van der Waals surface area contributed by atoms with Gasteiger partial charge in [0, 0.05) is 73.1 Å². The molecule has 0 amide bonds. The van der Waals surface area contributed by atoms with Gasteiger partial charge >= 0.3 is 0 Å². The van der Waals surface area contributed by atoms with E-state index in [-0.39, 0.29) is 0 Å². The molecule has 0 aliphatic carbocycles. The summed E-state index contributed by atoms with van der Waals surface area (Å²) in [5.41, 5.74) is 13.1. The Hall–Kier alpha value is -7.22. The fourth-order valence-corrected chi connectivity index (χ4v) is 9.00. The molecule has 0 atom stereocenters. The minimum absolute atomic E-state index is 0.623. The zero-order chi connectivity index (χ0) is 68.1. The van der Waals surface area contributed by atoms with Gasteiger partial charge in [0.05, 0.1) is 72.5 Å². The third-order valence-electron chi connectivity index (χ3n) is 11.4. The standard InChI is InChI=1S/3C6H9NO.3C6H9NS.C5H9N3.2C5H8N2.C4H6N2O.C4H6N2S.2C2H6/c1-4-5(2)8-6(3)7-4;2*1-4-5(2)7-8-6(4)3;3*1-4-5(2)8-6(3)7-4;1-4-5(2)7-8(3)6-4;1-5-3-6-7(2)4-5;1-5-3-4-7(2)6-5;2*1-3-5-4(2)7-6-3;2*1-2/h7*1-3H3;2*3-4H,1-2H3;2*1-2H3;2*1-2H3. The van der Waals surface area contributed by atoms with Crippen molar-refractivity contribution in [3.05, 3.63) is 168 Å². The topological polar surface area (TPSA) is 248 Å². The first-order valence-corrected chi connectivity index (χ1v) is 32.0. The van der Waals surface area contributed by atoms with Crippen molar-refractivity contribution in [2.75, 3.05) is 0 Å². The monoisotopic (exact) mass is 1290 g/mol. The SMILES string of the molecule is CC.CC.Cc1ccn(C)n1.Cc1cnn(C)c1.Cc1nc(C)c(C)o1.Cc1nc(C)c(C)s1.Cc1nc(C)c(C)s1.Cc1nc(C)c(C)s1.Cc1nn(C)nc1C.Cc1noc(C)c1C.Cc1noc(C)c1C.Cc1noc(C)n1.Cc1nsc(C)n1. The van der Waals surface area contributed by atoms with Crippen molar-refractivity contribution in [3.63, 3.8) is 0 Å². The number of aromatic nitrogens is 17. The first-order chi connectivity index (χ1) is 41.1. The molecule has 0 saturated carbocycles. The van der Waals surface area contributed by atoms with Gasteiger partial charge in [-0.05, 0) is 189 Å². The Morgan fingerprint density at radius 1 is 0.386 bits per heavy atom. The Morgan fingerprint density at radius 2 is 0.818 bits per heavy atom. The highest BCUT2D eigenvalue weighted by Crippen LogP contribution is 2.16. The fraction of sp³-hybridized carbons (Fsp3) is 0.524. The molecule has 11 aromatic heterocycles. The average molecular weight is 1290 g/mol. The predicted octanol–water partition coefficient (Wildman–Crippen LogP) is 16.8. The Kier molecular flexibility index (Phi) is 41.7. The molecule has 0 N–H and O–H groups in total. The van der Waals surface area contributed by atoms with Crippen molar-refractivity contribution in [1.29, 1.82) is 0 Å². The summed E-state index contributed by atoms with van der Waals surface area (Å²) in [6, 6.07) is 1.97. The lowest BCUT2D eigenvalue weighted by Gasteiger charge is -1.80. The molecule has 0 fully saturated rings. The molecule has 88 heavy (non-hydrogen) atoms. The number of hydrogen-bond donors (Lipinski definition) is 0. The van der Waals surface area contributed by atoms with E-state index in [9.17, 15) is 0 Å². The quantitative estimate of drug-likeness (QED) is 0.137. The Labute approximate surface area is 541 Å². The highest BCUT2D eigenvalue weighted by molar-refractivity contribution is 7.12. The van der Waals surface area contributed by atoms with Gasteiger partial charge in [-0.15, -0.1) is 34.0 Å². The molecule has 0 bridgehead atoms. The lowest BCUT2D eigenvalue weighted by molar-refractivity contribution is 0.389. The molecule has 0 aliphatic rings. The van der Waals surface area contributed by atoms with Gasteiger partial charge in [-0.1, -0.05) is 43.2 Å². The number of hydrogen-bond acceptors (Lipinski definition) is 22. The van der Waals surface area contributed by atoms with Crippen LogP contribution >= 0.6 is 45.5 Å². The summed E-state index contributed by atoms with van der Waals surface area (Å²) in [6.45, 7) is 59.2. The van der Waals surface area contributed by atoms with Crippen LogP contribution in [-0.2, 0) is 21.1 Å². The van der Waals surface area contributed by atoms with Crippen molar-refractivity contribution in [2.24, 2.45) is 21.1 Å². The number of thiazole rings is 3. The molecule has 11 heterocycles. The van der Waals surface area contributed by atoms with E-state index in [1.54, 1.807) is 62.0 Å². The molecule has 0 unspecified atom stereocenters. The lowest BCUT2D eigenvalue weighted by Crippen LogP contribution is -1.91. The lowest BCUT2D eigenvalue weighted by atomic mass is 10.2. The highest BCUT2D eigenvalue weighted by Gasteiger charge is 2.02. The molecule has 0 saturated heterocycles. The van der Waals surface area contributed by atoms with Gasteiger partial charge in [-0.25, -0.2) is 24.9 Å². The van der Waals surface area contributed by atoms with E-state index in [1.165, 1.54) is 63.8 Å². The smallest absolute Gasteiger partial charge is 0.223 e. The summed E-state index contributed by atoms with van der Waals surface area (Å²) >= 11 is 6.72. The molecule has 488 valence electrons. The van der Waals surface area contributed by atoms with E-state index in [0.717, 1.165) is 79.3 Å². The first-order valence-electron chi connectivity index (χ1n) is 28.8. The van der Waals surface area contributed by atoms with Crippen LogP contribution in [0.2, 0.25) is 0 Å². The van der Waals surface area contributed by atoms with Crippen LogP contribution in [0.4, 0.5) is 0 Å². The van der Waals surface area contributed by atoms with E-state index in [0.29, 0.717) is 11.7 Å². The normalized spacial score (nSPS) is 9.42. The van der Waals surface area contributed by atoms with Crippen LogP contribution in [0.25, 0.3) is 0 Å². The minimum atomic E-state index is 0.623. The molecule has 0 aromatic carbocycles. The van der Waals surface area contributed by atoms with Crippen molar-refractivity contribution in [2.45, 2.75) is 208 Å². The van der Waals surface area contributed by atoms with Crippen LogP contribution < -0.4 is 0 Å². The van der Waals surface area contributed by atoms with Crippen molar-refractivity contribution >= 4 is 45.5 Å². The molecule has 25 heteroatoms. The molecule has 11 aromatic rings. The summed E-state index contributed by atoms with van der Waals surface area (Å²) in [4.78, 5) is 30.2. The number of oxazole rings is 1. The van der Waals surface area contributed by atoms with Gasteiger partial charge in [0.2, 0.25) is 5.89 Å². The number of aryl methyl sites for hydroxylation is 27. The Balaban J connectivity index is 0. The minimum Gasteiger partial charge on any atom is -0.446 e. The highest BCUT2D eigenvalue weighted by atomic mass is 32.1. The van der Waals surface area contributed by atoms with Crippen molar-refractivity contribution < 1.29 is 18.0 Å². The Bertz CT molecular complexity index is 2920. The molecule has 0 radical (unpaired) electrons. The molecule has 21 nitrogen and oxygen atoms in total. The maximum absolute atomic E-state index is 5.10. The zero-order valence-electron chi connectivity index (χ0n) is 59.2. The van der Waals surface area contributed by atoms with Crippen LogP contribution in [0, 0.1) is 180 Å². The van der Waals surface area contributed by atoms with Gasteiger partial charge in [0.15, 0.2) is 11.7 Å². The third-order valence-corrected chi connectivity index (χ3v) is 15.1. The summed E-state index contributed by atoms with van der Waals surface area (Å²) in [5, 5.41) is 31.5. The van der Waals surface area contributed by atoms with Gasteiger partial charge < -0.3 is 18.0 Å². The molecule has 11 rings (SSSR count). The van der Waals surface area contributed by atoms with E-state index in [2.05, 4.69) is 95.4 Å². The molecular formula is C63H103N17O4S4. The molecular weight excluding hydrogens is 1190 g/mol. The van der Waals surface area contributed by atoms with Gasteiger partial charge in [0.1, 0.15) is 28.1 Å². The van der Waals surface area contributed by atoms with Gasteiger partial charge in [-0.2, -0.15) is 34.5 Å². The Morgan fingerprint density at radius 3 is 0.909 bits per heavy atom. The molecule has 0 aliphatic heterocycles. The summed E-state index contributed by atoms with van der Waals surface area (Å²) in [5.74, 6) is 5.70. The van der Waals surface area contributed by atoms with E-state index in [4.69, 9.17) is 13.5 Å². The molecule has 0 spiro atoms. The zero-order valence-corrected chi connectivity index (χ0v) is 62.4.